The van der Waals surface area contributed by atoms with Crippen LogP contribution in [0.4, 0.5) is 0 Å². The number of likely N-dealkylation sites (tertiary alicyclic amines) is 2. The standard InChI is InChI=1S/C17H35N5.HI/c1-4-21-9-5-7-15(21)11-19-17(18)20-12-16-8-6-10-22(16)13-14(2)3;/h14-16H,4-13H2,1-3H3,(H3,18,19,20);1H/t15?,16-;/m1./s1. The highest BCUT2D eigenvalue weighted by molar-refractivity contribution is 14.0. The lowest BCUT2D eigenvalue weighted by atomic mass is 10.1. The zero-order chi connectivity index (χ0) is 15.9. The molecule has 1 unspecified atom stereocenters. The summed E-state index contributed by atoms with van der Waals surface area (Å²) in [6.45, 7) is 13.4. The molecule has 2 heterocycles. The van der Waals surface area contributed by atoms with Gasteiger partial charge in [0.2, 0.25) is 0 Å². The van der Waals surface area contributed by atoms with E-state index in [2.05, 4.69) is 40.9 Å². The first-order valence-corrected chi connectivity index (χ1v) is 9.12. The van der Waals surface area contributed by atoms with Crippen molar-refractivity contribution < 1.29 is 0 Å². The normalized spacial score (nSPS) is 26.7. The van der Waals surface area contributed by atoms with Crippen molar-refractivity contribution >= 4 is 29.9 Å². The van der Waals surface area contributed by atoms with Crippen molar-refractivity contribution in [2.75, 3.05) is 39.3 Å². The highest BCUT2D eigenvalue weighted by Crippen LogP contribution is 2.18. The van der Waals surface area contributed by atoms with Gasteiger partial charge in [0, 0.05) is 25.2 Å². The van der Waals surface area contributed by atoms with Gasteiger partial charge >= 0.3 is 0 Å². The van der Waals surface area contributed by atoms with Gasteiger partial charge in [-0.05, 0) is 51.2 Å². The first-order chi connectivity index (χ1) is 10.6. The number of nitrogens with zero attached hydrogens (tertiary/aromatic N) is 3. The highest BCUT2D eigenvalue weighted by Gasteiger charge is 2.25. The Morgan fingerprint density at radius 3 is 2.48 bits per heavy atom. The van der Waals surface area contributed by atoms with Crippen LogP contribution in [-0.4, -0.2) is 67.1 Å². The number of nitrogens with one attached hydrogen (secondary N) is 1. The fourth-order valence-electron chi connectivity index (χ4n) is 3.84. The van der Waals surface area contributed by atoms with Crippen LogP contribution in [0.3, 0.4) is 0 Å². The lowest BCUT2D eigenvalue weighted by Gasteiger charge is -2.26. The molecule has 2 aliphatic rings. The molecule has 0 radical (unpaired) electrons. The Hall–Kier alpha value is -0.0800. The lowest BCUT2D eigenvalue weighted by Crippen LogP contribution is -2.44. The predicted octanol–water partition coefficient (Wildman–Crippen LogP) is 2.11. The molecule has 2 rings (SSSR count). The predicted molar refractivity (Wildman–Crippen MR) is 110 cm³/mol. The van der Waals surface area contributed by atoms with Gasteiger partial charge in [-0.3, -0.25) is 14.8 Å². The second kappa shape index (κ2) is 10.7. The van der Waals surface area contributed by atoms with Crippen molar-refractivity contribution in [1.29, 1.82) is 0 Å². The monoisotopic (exact) mass is 437 g/mol. The number of guanidine groups is 1. The Balaban J connectivity index is 0.00000264. The Morgan fingerprint density at radius 1 is 1.17 bits per heavy atom. The van der Waals surface area contributed by atoms with Crippen LogP contribution in [0.25, 0.3) is 0 Å². The van der Waals surface area contributed by atoms with E-state index in [1.165, 1.54) is 45.3 Å². The minimum atomic E-state index is 0. The molecule has 2 fully saturated rings. The van der Waals surface area contributed by atoms with Gasteiger partial charge in [0.1, 0.15) is 0 Å². The third-order valence-corrected chi connectivity index (χ3v) is 5.00. The van der Waals surface area contributed by atoms with E-state index < -0.39 is 0 Å². The summed E-state index contributed by atoms with van der Waals surface area (Å²) < 4.78 is 0. The van der Waals surface area contributed by atoms with Crippen molar-refractivity contribution in [3.63, 3.8) is 0 Å². The summed E-state index contributed by atoms with van der Waals surface area (Å²) in [5.74, 6) is 1.35. The summed E-state index contributed by atoms with van der Waals surface area (Å²) in [7, 11) is 0. The Kier molecular flexibility index (Phi) is 9.77. The van der Waals surface area contributed by atoms with Crippen LogP contribution in [0.15, 0.2) is 4.99 Å². The van der Waals surface area contributed by atoms with Crippen LogP contribution in [0.1, 0.15) is 46.5 Å². The quantitative estimate of drug-likeness (QED) is 0.364. The summed E-state index contributed by atoms with van der Waals surface area (Å²) >= 11 is 0. The molecule has 0 aliphatic carbocycles. The van der Waals surface area contributed by atoms with E-state index in [0.29, 0.717) is 18.0 Å². The minimum absolute atomic E-state index is 0. The van der Waals surface area contributed by atoms with Crippen LogP contribution < -0.4 is 11.1 Å². The number of nitrogens with two attached hydrogens (primary N) is 1. The number of likely N-dealkylation sites (N-methyl/N-ethyl adjacent to an activating group) is 1. The minimum Gasteiger partial charge on any atom is -0.370 e. The van der Waals surface area contributed by atoms with Crippen molar-refractivity contribution in [2.45, 2.75) is 58.5 Å². The molecule has 0 aromatic carbocycles. The molecule has 0 saturated carbocycles. The molecular weight excluding hydrogens is 401 g/mol. The fraction of sp³-hybridized carbons (Fsp3) is 0.941. The Labute approximate surface area is 159 Å². The Bertz CT molecular complexity index is 361. The van der Waals surface area contributed by atoms with E-state index in [-0.39, 0.29) is 24.0 Å². The molecule has 136 valence electrons. The zero-order valence-corrected chi connectivity index (χ0v) is 17.5. The van der Waals surface area contributed by atoms with Crippen LogP contribution in [0.2, 0.25) is 0 Å². The van der Waals surface area contributed by atoms with Gasteiger partial charge in [0.15, 0.2) is 5.96 Å². The SMILES string of the molecule is CCN1CCCC1CN=C(N)NC[C@H]1CCCN1CC(C)C.I. The number of halogens is 1. The second-order valence-corrected chi connectivity index (χ2v) is 7.22. The largest absolute Gasteiger partial charge is 0.370 e. The molecule has 3 N–H and O–H groups in total. The fourth-order valence-corrected chi connectivity index (χ4v) is 3.84. The summed E-state index contributed by atoms with van der Waals surface area (Å²) in [6, 6.07) is 1.21. The van der Waals surface area contributed by atoms with Crippen LogP contribution >= 0.6 is 24.0 Å². The molecule has 6 heteroatoms. The maximum atomic E-state index is 6.07. The van der Waals surface area contributed by atoms with Crippen LogP contribution in [-0.2, 0) is 0 Å². The van der Waals surface area contributed by atoms with Crippen molar-refractivity contribution in [2.24, 2.45) is 16.6 Å². The van der Waals surface area contributed by atoms with Gasteiger partial charge in [0.25, 0.3) is 0 Å². The van der Waals surface area contributed by atoms with Crippen LogP contribution in [0.5, 0.6) is 0 Å². The van der Waals surface area contributed by atoms with E-state index in [9.17, 15) is 0 Å². The van der Waals surface area contributed by atoms with E-state index >= 15 is 0 Å². The van der Waals surface area contributed by atoms with Gasteiger partial charge in [-0.2, -0.15) is 0 Å². The van der Waals surface area contributed by atoms with Gasteiger partial charge < -0.3 is 11.1 Å². The lowest BCUT2D eigenvalue weighted by molar-refractivity contribution is 0.227. The molecule has 0 aromatic heterocycles. The van der Waals surface area contributed by atoms with E-state index in [1.54, 1.807) is 0 Å². The molecule has 2 aliphatic heterocycles. The molecular formula is C17H36IN5. The van der Waals surface area contributed by atoms with Crippen molar-refractivity contribution in [3.8, 4) is 0 Å². The van der Waals surface area contributed by atoms with Gasteiger partial charge in [0.05, 0.1) is 6.54 Å². The van der Waals surface area contributed by atoms with E-state index in [4.69, 9.17) is 5.73 Å². The van der Waals surface area contributed by atoms with Crippen molar-refractivity contribution in [1.82, 2.24) is 15.1 Å². The summed E-state index contributed by atoms with van der Waals surface area (Å²) in [5, 5.41) is 3.35. The second-order valence-electron chi connectivity index (χ2n) is 7.22. The average Bonchev–Trinajstić information content (AvgIpc) is 3.11. The highest BCUT2D eigenvalue weighted by atomic mass is 127. The third-order valence-electron chi connectivity index (χ3n) is 5.00. The molecule has 5 nitrogen and oxygen atoms in total. The zero-order valence-electron chi connectivity index (χ0n) is 15.1. The van der Waals surface area contributed by atoms with Gasteiger partial charge in [-0.15, -0.1) is 24.0 Å². The summed E-state index contributed by atoms with van der Waals surface area (Å²) in [6.07, 6.45) is 5.14. The van der Waals surface area contributed by atoms with Crippen LogP contribution in [0, 0.1) is 5.92 Å². The number of hydrogen-bond donors (Lipinski definition) is 2. The van der Waals surface area contributed by atoms with Gasteiger partial charge in [-0.25, -0.2) is 0 Å². The van der Waals surface area contributed by atoms with E-state index in [1.807, 2.05) is 0 Å². The molecule has 0 aromatic rings. The molecule has 23 heavy (non-hydrogen) atoms. The summed E-state index contributed by atoms with van der Waals surface area (Å²) in [4.78, 5) is 9.68. The Morgan fingerprint density at radius 2 is 1.83 bits per heavy atom. The maximum absolute atomic E-state index is 6.07. The first kappa shape index (κ1) is 21.0. The smallest absolute Gasteiger partial charge is 0.188 e. The van der Waals surface area contributed by atoms with E-state index in [0.717, 1.165) is 25.6 Å². The third kappa shape index (κ3) is 6.74. The average molecular weight is 437 g/mol. The summed E-state index contributed by atoms with van der Waals surface area (Å²) in [5.41, 5.74) is 6.07. The molecule has 0 bridgehead atoms. The number of rotatable bonds is 7. The number of hydrogen-bond acceptors (Lipinski definition) is 3. The molecule has 0 amide bonds. The van der Waals surface area contributed by atoms with Gasteiger partial charge in [-0.1, -0.05) is 20.8 Å². The molecule has 0 spiro atoms. The molecule has 2 atom stereocenters. The first-order valence-electron chi connectivity index (χ1n) is 9.12. The molecule has 2 saturated heterocycles. The topological polar surface area (TPSA) is 56.9 Å². The van der Waals surface area contributed by atoms with Crippen molar-refractivity contribution in [3.05, 3.63) is 0 Å². The maximum Gasteiger partial charge on any atom is 0.188 e. The number of aliphatic imine (C=N–C) groups is 1.